The molecule has 0 aliphatic rings. The van der Waals surface area contributed by atoms with Crippen LogP contribution in [0.4, 0.5) is 0 Å². The number of hydrogen-bond donors (Lipinski definition) is 2. The van der Waals surface area contributed by atoms with E-state index in [9.17, 15) is 0 Å². The highest BCUT2D eigenvalue weighted by Gasteiger charge is 2.12. The summed E-state index contributed by atoms with van der Waals surface area (Å²) in [5.41, 5.74) is 5.91. The van der Waals surface area contributed by atoms with Crippen molar-refractivity contribution in [1.82, 2.24) is 4.98 Å². The van der Waals surface area contributed by atoms with Crippen LogP contribution in [0.3, 0.4) is 0 Å². The molecule has 0 spiro atoms. The lowest BCUT2D eigenvalue weighted by molar-refractivity contribution is 0.318. The van der Waals surface area contributed by atoms with Gasteiger partial charge in [-0.15, -0.1) is 0 Å². The SMILES string of the molecule is N/C(=N/O)c1nccc2c(Br)ccc(Cl)c12. The maximum absolute atomic E-state index is 8.68. The van der Waals surface area contributed by atoms with Crippen LogP contribution in [-0.2, 0) is 0 Å². The summed E-state index contributed by atoms with van der Waals surface area (Å²) in [5.74, 6) is -0.0643. The van der Waals surface area contributed by atoms with Gasteiger partial charge in [0, 0.05) is 21.4 Å². The lowest BCUT2D eigenvalue weighted by Gasteiger charge is -2.07. The van der Waals surface area contributed by atoms with Crippen LogP contribution in [0.2, 0.25) is 5.02 Å². The Hall–Kier alpha value is -1.33. The second-order valence-corrected chi connectivity index (χ2v) is 4.36. The molecule has 6 heteroatoms. The third kappa shape index (κ3) is 1.72. The molecular weight excluding hydrogens is 293 g/mol. The van der Waals surface area contributed by atoms with Crippen molar-refractivity contribution in [2.24, 2.45) is 10.9 Å². The van der Waals surface area contributed by atoms with E-state index in [0.717, 1.165) is 9.86 Å². The fourth-order valence-corrected chi connectivity index (χ4v) is 2.18. The summed E-state index contributed by atoms with van der Waals surface area (Å²) in [5, 5.41) is 13.6. The molecule has 0 saturated heterocycles. The number of pyridine rings is 1. The number of nitrogens with zero attached hydrogens (tertiary/aromatic N) is 2. The van der Waals surface area contributed by atoms with Gasteiger partial charge >= 0.3 is 0 Å². The summed E-state index contributed by atoms with van der Waals surface area (Å²) in [6, 6.07) is 5.37. The van der Waals surface area contributed by atoms with Crippen molar-refractivity contribution in [2.75, 3.05) is 0 Å². The number of oxime groups is 1. The molecule has 1 heterocycles. The first-order valence-corrected chi connectivity index (χ1v) is 5.53. The monoisotopic (exact) mass is 299 g/mol. The third-order valence-electron chi connectivity index (χ3n) is 2.17. The highest BCUT2D eigenvalue weighted by atomic mass is 79.9. The normalized spacial score (nSPS) is 12.0. The number of hydrogen-bond acceptors (Lipinski definition) is 3. The molecule has 3 N–H and O–H groups in total. The fourth-order valence-electron chi connectivity index (χ4n) is 1.46. The van der Waals surface area contributed by atoms with E-state index in [-0.39, 0.29) is 5.84 Å². The first kappa shape index (κ1) is 11.2. The molecule has 0 aliphatic heterocycles. The summed E-state index contributed by atoms with van der Waals surface area (Å²) in [4.78, 5) is 4.06. The molecule has 16 heavy (non-hydrogen) atoms. The summed E-state index contributed by atoms with van der Waals surface area (Å²) in [7, 11) is 0. The fraction of sp³-hybridized carbons (Fsp3) is 0. The van der Waals surface area contributed by atoms with Crippen molar-refractivity contribution in [3.63, 3.8) is 0 Å². The Morgan fingerprint density at radius 3 is 2.88 bits per heavy atom. The van der Waals surface area contributed by atoms with Crippen LogP contribution in [0.1, 0.15) is 5.69 Å². The van der Waals surface area contributed by atoms with Gasteiger partial charge in [0.05, 0.1) is 5.02 Å². The molecule has 2 aromatic rings. The lowest BCUT2D eigenvalue weighted by atomic mass is 10.1. The molecule has 2 rings (SSSR count). The number of amidine groups is 1. The quantitative estimate of drug-likeness (QED) is 0.368. The van der Waals surface area contributed by atoms with Crippen molar-refractivity contribution in [1.29, 1.82) is 0 Å². The number of aromatic nitrogens is 1. The van der Waals surface area contributed by atoms with Gasteiger partial charge in [0.25, 0.3) is 0 Å². The van der Waals surface area contributed by atoms with Gasteiger partial charge in [0.1, 0.15) is 5.69 Å². The number of rotatable bonds is 1. The summed E-state index contributed by atoms with van der Waals surface area (Å²) in [6.07, 6.45) is 1.58. The zero-order valence-electron chi connectivity index (χ0n) is 7.98. The Kier molecular flexibility index (Phi) is 2.98. The standard InChI is InChI=1S/C10H7BrClN3O/c11-6-1-2-7(12)8-5(6)3-4-14-9(8)10(13)15-16/h1-4,16H,(H2,13,15). The highest BCUT2D eigenvalue weighted by Crippen LogP contribution is 2.31. The lowest BCUT2D eigenvalue weighted by Crippen LogP contribution is -2.15. The van der Waals surface area contributed by atoms with Crippen LogP contribution in [0.15, 0.2) is 34.0 Å². The Morgan fingerprint density at radius 2 is 2.19 bits per heavy atom. The average molecular weight is 301 g/mol. The van der Waals surface area contributed by atoms with Crippen molar-refractivity contribution in [3.05, 3.63) is 39.6 Å². The zero-order chi connectivity index (χ0) is 11.7. The van der Waals surface area contributed by atoms with Crippen molar-refractivity contribution >= 4 is 44.1 Å². The molecule has 0 aliphatic carbocycles. The average Bonchev–Trinajstić information content (AvgIpc) is 2.32. The Balaban J connectivity index is 2.92. The Morgan fingerprint density at radius 1 is 1.44 bits per heavy atom. The van der Waals surface area contributed by atoms with Gasteiger partial charge in [-0.1, -0.05) is 32.7 Å². The predicted octanol–water partition coefficient (Wildman–Crippen LogP) is 2.75. The molecule has 0 amide bonds. The highest BCUT2D eigenvalue weighted by molar-refractivity contribution is 9.10. The molecule has 0 atom stereocenters. The minimum Gasteiger partial charge on any atom is -0.409 e. The molecular formula is C10H7BrClN3O. The molecule has 0 radical (unpaired) electrons. The van der Waals surface area contributed by atoms with Crippen LogP contribution >= 0.6 is 27.5 Å². The van der Waals surface area contributed by atoms with Gasteiger partial charge in [-0.05, 0) is 18.2 Å². The smallest absolute Gasteiger partial charge is 0.189 e. The third-order valence-corrected chi connectivity index (χ3v) is 3.18. The predicted molar refractivity (Wildman–Crippen MR) is 67.0 cm³/mol. The molecule has 82 valence electrons. The first-order chi connectivity index (χ1) is 7.65. The number of fused-ring (bicyclic) bond motifs is 1. The number of nitrogens with two attached hydrogens (primary N) is 1. The topological polar surface area (TPSA) is 71.5 Å². The zero-order valence-corrected chi connectivity index (χ0v) is 10.3. The molecule has 1 aromatic carbocycles. The van der Waals surface area contributed by atoms with Gasteiger partial charge in [-0.25, -0.2) is 0 Å². The van der Waals surface area contributed by atoms with E-state index in [4.69, 9.17) is 22.5 Å². The maximum atomic E-state index is 8.68. The molecule has 0 fully saturated rings. The molecule has 1 aromatic heterocycles. The minimum absolute atomic E-state index is 0.0643. The van der Waals surface area contributed by atoms with E-state index in [1.54, 1.807) is 18.3 Å². The van der Waals surface area contributed by atoms with E-state index in [1.165, 1.54) is 0 Å². The second-order valence-electron chi connectivity index (χ2n) is 3.10. The molecule has 0 bridgehead atoms. The van der Waals surface area contributed by atoms with Crippen LogP contribution < -0.4 is 5.73 Å². The van der Waals surface area contributed by atoms with Gasteiger partial charge in [-0.2, -0.15) is 0 Å². The van der Waals surface area contributed by atoms with E-state index in [2.05, 4.69) is 26.1 Å². The van der Waals surface area contributed by atoms with E-state index >= 15 is 0 Å². The second kappa shape index (κ2) is 4.27. The van der Waals surface area contributed by atoms with Gasteiger partial charge in [0.2, 0.25) is 0 Å². The number of benzene rings is 1. The van der Waals surface area contributed by atoms with Crippen molar-refractivity contribution in [3.8, 4) is 0 Å². The Labute approximate surface area is 105 Å². The van der Waals surface area contributed by atoms with Gasteiger partial charge < -0.3 is 10.9 Å². The van der Waals surface area contributed by atoms with Crippen molar-refractivity contribution in [2.45, 2.75) is 0 Å². The van der Waals surface area contributed by atoms with Crippen LogP contribution in [0.25, 0.3) is 10.8 Å². The van der Waals surface area contributed by atoms with Crippen molar-refractivity contribution < 1.29 is 5.21 Å². The van der Waals surface area contributed by atoms with E-state index in [0.29, 0.717) is 16.1 Å². The molecule has 0 saturated carbocycles. The largest absolute Gasteiger partial charge is 0.409 e. The summed E-state index contributed by atoms with van der Waals surface area (Å²) >= 11 is 9.49. The van der Waals surface area contributed by atoms with Crippen LogP contribution in [0, 0.1) is 0 Å². The molecule has 0 unspecified atom stereocenters. The first-order valence-electron chi connectivity index (χ1n) is 4.35. The summed E-state index contributed by atoms with van der Waals surface area (Å²) in [6.45, 7) is 0. The van der Waals surface area contributed by atoms with E-state index < -0.39 is 0 Å². The van der Waals surface area contributed by atoms with Crippen LogP contribution in [-0.4, -0.2) is 16.0 Å². The maximum Gasteiger partial charge on any atom is 0.189 e. The molecule has 4 nitrogen and oxygen atoms in total. The van der Waals surface area contributed by atoms with Gasteiger partial charge in [-0.3, -0.25) is 4.98 Å². The van der Waals surface area contributed by atoms with E-state index in [1.807, 2.05) is 6.07 Å². The summed E-state index contributed by atoms with van der Waals surface area (Å²) < 4.78 is 0.876. The number of halogens is 2. The van der Waals surface area contributed by atoms with Crippen LogP contribution in [0.5, 0.6) is 0 Å². The van der Waals surface area contributed by atoms with Gasteiger partial charge in [0.15, 0.2) is 5.84 Å². The Bertz CT molecular complexity index is 586. The minimum atomic E-state index is -0.0643.